The number of nitrogens with zero attached hydrogens (tertiary/aromatic N) is 2. The lowest BCUT2D eigenvalue weighted by molar-refractivity contribution is 0.0943. The molecule has 0 saturated carbocycles. The third-order valence-corrected chi connectivity index (χ3v) is 4.58. The van der Waals surface area contributed by atoms with Crippen LogP contribution in [-0.2, 0) is 0 Å². The molecule has 0 spiro atoms. The summed E-state index contributed by atoms with van der Waals surface area (Å²) in [6.45, 7) is 3.38. The molecule has 3 aromatic rings. The van der Waals surface area contributed by atoms with Gasteiger partial charge in [0.25, 0.3) is 11.8 Å². The number of amides is 2. The highest BCUT2D eigenvalue weighted by Crippen LogP contribution is 2.07. The second-order valence-corrected chi connectivity index (χ2v) is 6.87. The fourth-order valence-electron chi connectivity index (χ4n) is 2.68. The van der Waals surface area contributed by atoms with E-state index >= 15 is 0 Å². The van der Waals surface area contributed by atoms with Gasteiger partial charge in [-0.15, -0.1) is 0 Å². The molecule has 0 unspecified atom stereocenters. The number of halogens is 2. The normalized spacial score (nSPS) is 11.8. The van der Waals surface area contributed by atoms with E-state index in [1.165, 1.54) is 48.5 Å². The van der Waals surface area contributed by atoms with E-state index in [0.29, 0.717) is 33.7 Å². The fraction of sp³-hybridized carbons (Fsp3) is 0.0833. The summed E-state index contributed by atoms with van der Waals surface area (Å²) in [5.41, 5.74) is 7.86. The number of hydrazone groups is 2. The third-order valence-electron chi connectivity index (χ3n) is 4.58. The first-order valence-electron chi connectivity index (χ1n) is 9.64. The quantitative estimate of drug-likeness (QED) is 0.449. The van der Waals surface area contributed by atoms with Crippen molar-refractivity contribution in [2.24, 2.45) is 10.2 Å². The van der Waals surface area contributed by atoms with Crippen molar-refractivity contribution in [2.45, 2.75) is 13.8 Å². The minimum Gasteiger partial charge on any atom is -0.267 e. The summed E-state index contributed by atoms with van der Waals surface area (Å²) in [6, 6.07) is 17.5. The van der Waals surface area contributed by atoms with E-state index in [9.17, 15) is 18.4 Å². The molecule has 2 amide bonds. The highest BCUT2D eigenvalue weighted by Gasteiger charge is 2.09. The average Bonchev–Trinajstić information content (AvgIpc) is 2.81. The third kappa shape index (κ3) is 5.91. The first-order chi connectivity index (χ1) is 15.3. The molecule has 0 aliphatic rings. The lowest BCUT2D eigenvalue weighted by Gasteiger charge is -2.05. The molecule has 0 heterocycles. The number of hydrogen-bond donors (Lipinski definition) is 2. The zero-order valence-corrected chi connectivity index (χ0v) is 17.4. The van der Waals surface area contributed by atoms with Crippen LogP contribution in [0.5, 0.6) is 0 Å². The van der Waals surface area contributed by atoms with Crippen molar-refractivity contribution in [1.29, 1.82) is 0 Å². The molecule has 0 saturated heterocycles. The maximum Gasteiger partial charge on any atom is 0.271 e. The van der Waals surface area contributed by atoms with Crippen LogP contribution >= 0.6 is 0 Å². The van der Waals surface area contributed by atoms with Crippen molar-refractivity contribution in [3.8, 4) is 0 Å². The Labute approximate surface area is 183 Å². The maximum atomic E-state index is 13.0. The second-order valence-electron chi connectivity index (χ2n) is 6.87. The van der Waals surface area contributed by atoms with Gasteiger partial charge in [0, 0.05) is 11.1 Å². The van der Waals surface area contributed by atoms with Gasteiger partial charge >= 0.3 is 0 Å². The van der Waals surface area contributed by atoms with Crippen molar-refractivity contribution in [3.05, 3.63) is 107 Å². The van der Waals surface area contributed by atoms with Crippen LogP contribution < -0.4 is 10.9 Å². The van der Waals surface area contributed by atoms with Gasteiger partial charge in [-0.05, 0) is 73.5 Å². The molecule has 2 N–H and O–H groups in total. The molecular weight excluding hydrogens is 414 g/mol. The number of benzene rings is 3. The van der Waals surface area contributed by atoms with Crippen LogP contribution in [0.2, 0.25) is 0 Å². The number of rotatable bonds is 6. The van der Waals surface area contributed by atoms with Gasteiger partial charge in [0.1, 0.15) is 11.6 Å². The van der Waals surface area contributed by atoms with Crippen molar-refractivity contribution < 1.29 is 18.4 Å². The van der Waals surface area contributed by atoms with Gasteiger partial charge in [-0.25, -0.2) is 19.6 Å². The first kappa shape index (κ1) is 22.5. The van der Waals surface area contributed by atoms with Crippen LogP contribution in [0.4, 0.5) is 8.78 Å². The summed E-state index contributed by atoms with van der Waals surface area (Å²) in [5, 5.41) is 8.03. The molecule has 0 aromatic heterocycles. The molecule has 162 valence electrons. The lowest BCUT2D eigenvalue weighted by atomic mass is 10.1. The summed E-state index contributed by atoms with van der Waals surface area (Å²) in [6.07, 6.45) is 0. The number of hydrogen-bond acceptors (Lipinski definition) is 4. The topological polar surface area (TPSA) is 82.9 Å². The van der Waals surface area contributed by atoms with Crippen LogP contribution in [-0.4, -0.2) is 23.2 Å². The molecule has 32 heavy (non-hydrogen) atoms. The van der Waals surface area contributed by atoms with Gasteiger partial charge in [0.15, 0.2) is 0 Å². The first-order valence-corrected chi connectivity index (χ1v) is 9.64. The van der Waals surface area contributed by atoms with Crippen molar-refractivity contribution >= 4 is 23.2 Å². The Balaban J connectivity index is 1.59. The molecule has 8 heteroatoms. The molecule has 0 bridgehead atoms. The van der Waals surface area contributed by atoms with Gasteiger partial charge in [0.2, 0.25) is 0 Å². The monoisotopic (exact) mass is 434 g/mol. The SMILES string of the molecule is C/C(=N\NC(=O)c1ccc(C(=O)N/N=C(\C)c2ccc(F)cc2)cc1)c1ccc(F)cc1. The van der Waals surface area contributed by atoms with Crippen LogP contribution in [0.25, 0.3) is 0 Å². The number of carbonyl (C=O) groups excluding carboxylic acids is 2. The number of carbonyl (C=O) groups is 2. The van der Waals surface area contributed by atoms with E-state index in [0.717, 1.165) is 0 Å². The molecule has 0 radical (unpaired) electrons. The molecule has 6 nitrogen and oxygen atoms in total. The van der Waals surface area contributed by atoms with Crippen LogP contribution in [0.3, 0.4) is 0 Å². The Morgan fingerprint density at radius 1 is 0.562 bits per heavy atom. The summed E-state index contributed by atoms with van der Waals surface area (Å²) in [4.78, 5) is 24.6. The van der Waals surface area contributed by atoms with E-state index in [2.05, 4.69) is 21.1 Å². The Bertz CT molecular complexity index is 1080. The van der Waals surface area contributed by atoms with E-state index in [-0.39, 0.29) is 11.6 Å². The zero-order valence-electron chi connectivity index (χ0n) is 17.4. The average molecular weight is 434 g/mol. The van der Waals surface area contributed by atoms with Gasteiger partial charge < -0.3 is 0 Å². The molecule has 3 rings (SSSR count). The summed E-state index contributed by atoms with van der Waals surface area (Å²) in [7, 11) is 0. The summed E-state index contributed by atoms with van der Waals surface area (Å²) < 4.78 is 26.0. The minimum atomic E-state index is -0.455. The van der Waals surface area contributed by atoms with Gasteiger partial charge in [0.05, 0.1) is 11.4 Å². The predicted octanol–water partition coefficient (Wildman–Crippen LogP) is 4.27. The van der Waals surface area contributed by atoms with Crippen LogP contribution in [0.15, 0.2) is 83.0 Å². The second kappa shape index (κ2) is 10.2. The molecule has 0 aliphatic carbocycles. The molecule has 0 fully saturated rings. The highest BCUT2D eigenvalue weighted by molar-refractivity contribution is 6.02. The van der Waals surface area contributed by atoms with E-state index in [4.69, 9.17) is 0 Å². The maximum absolute atomic E-state index is 13.0. The van der Waals surface area contributed by atoms with Crippen molar-refractivity contribution in [1.82, 2.24) is 10.9 Å². The standard InChI is InChI=1S/C24H20F2N4O2/c1-15(17-7-11-21(25)12-8-17)27-29-23(31)19-3-5-20(6-4-19)24(32)30-28-16(2)18-9-13-22(26)14-10-18/h3-14H,1-2H3,(H,29,31)(H,30,32)/b27-15+,28-16+. The smallest absolute Gasteiger partial charge is 0.267 e. The predicted molar refractivity (Wildman–Crippen MR) is 119 cm³/mol. The van der Waals surface area contributed by atoms with Gasteiger partial charge in [-0.2, -0.15) is 10.2 Å². The molecule has 3 aromatic carbocycles. The molecule has 0 aliphatic heterocycles. The molecular formula is C24H20F2N4O2. The van der Waals surface area contributed by atoms with Crippen LogP contribution in [0, 0.1) is 11.6 Å². The van der Waals surface area contributed by atoms with Crippen molar-refractivity contribution in [2.75, 3.05) is 0 Å². The van der Waals surface area contributed by atoms with Gasteiger partial charge in [-0.1, -0.05) is 24.3 Å². The van der Waals surface area contributed by atoms with Crippen LogP contribution in [0.1, 0.15) is 45.7 Å². The Morgan fingerprint density at radius 2 is 0.844 bits per heavy atom. The van der Waals surface area contributed by atoms with E-state index in [1.807, 2.05) is 0 Å². The van der Waals surface area contributed by atoms with Crippen molar-refractivity contribution in [3.63, 3.8) is 0 Å². The largest absolute Gasteiger partial charge is 0.271 e. The number of nitrogens with one attached hydrogen (secondary N) is 2. The zero-order chi connectivity index (χ0) is 23.1. The Hall–Kier alpha value is -4.20. The molecule has 0 atom stereocenters. The fourth-order valence-corrected chi connectivity index (χ4v) is 2.68. The summed E-state index contributed by atoms with van der Waals surface area (Å²) in [5.74, 6) is -1.62. The van der Waals surface area contributed by atoms with Gasteiger partial charge in [-0.3, -0.25) is 9.59 Å². The minimum absolute atomic E-state index is 0.309. The van der Waals surface area contributed by atoms with E-state index in [1.54, 1.807) is 38.1 Å². The Morgan fingerprint density at radius 3 is 1.16 bits per heavy atom. The Kier molecular flexibility index (Phi) is 7.17. The van der Waals surface area contributed by atoms with E-state index < -0.39 is 11.8 Å². The summed E-state index contributed by atoms with van der Waals surface area (Å²) >= 11 is 0. The highest BCUT2D eigenvalue weighted by atomic mass is 19.1. The lowest BCUT2D eigenvalue weighted by Crippen LogP contribution is -2.21.